The molecule has 0 aromatic carbocycles. The first-order valence-corrected chi connectivity index (χ1v) is 5.78. The third-order valence-corrected chi connectivity index (χ3v) is 2.58. The van der Waals surface area contributed by atoms with Crippen LogP contribution in [0.5, 0.6) is 0 Å². The number of nitrogens with zero attached hydrogens (tertiary/aromatic N) is 3. The Hall–Kier alpha value is -2.41. The summed E-state index contributed by atoms with van der Waals surface area (Å²) in [6.45, 7) is 0.555. The summed E-state index contributed by atoms with van der Waals surface area (Å²) >= 11 is 0. The van der Waals surface area contributed by atoms with Crippen LogP contribution in [-0.4, -0.2) is 34.1 Å². The second-order valence-electron chi connectivity index (χ2n) is 3.90. The number of nitrogens with one attached hydrogen (secondary N) is 1. The Morgan fingerprint density at radius 3 is 3.16 bits per heavy atom. The minimum absolute atomic E-state index is 0.399. The fourth-order valence-electron chi connectivity index (χ4n) is 1.64. The number of ether oxygens (including phenoxy) is 1. The van der Waals surface area contributed by atoms with Crippen molar-refractivity contribution in [3.05, 3.63) is 30.3 Å². The van der Waals surface area contributed by atoms with Gasteiger partial charge in [-0.15, -0.1) is 0 Å². The van der Waals surface area contributed by atoms with Gasteiger partial charge in [0.2, 0.25) is 0 Å². The van der Waals surface area contributed by atoms with Crippen molar-refractivity contribution < 1.29 is 13.7 Å². The molecule has 7 heteroatoms. The first-order chi connectivity index (χ1) is 9.36. The lowest BCUT2D eigenvalue weighted by Gasteiger charge is -1.90. The number of rotatable bonds is 5. The number of aromatic amines is 1. The first-order valence-electron chi connectivity index (χ1n) is 5.78. The summed E-state index contributed by atoms with van der Waals surface area (Å²) in [5.41, 5.74) is 1.35. The fourth-order valence-corrected chi connectivity index (χ4v) is 1.64. The van der Waals surface area contributed by atoms with Crippen LogP contribution in [0.4, 0.5) is 0 Å². The first kappa shape index (κ1) is 11.7. The molecule has 0 aliphatic rings. The van der Waals surface area contributed by atoms with E-state index in [2.05, 4.69) is 20.3 Å². The quantitative estimate of drug-likeness (QED) is 0.753. The van der Waals surface area contributed by atoms with Gasteiger partial charge in [0.15, 0.2) is 11.6 Å². The molecular weight excluding hydrogens is 248 g/mol. The van der Waals surface area contributed by atoms with Crippen molar-refractivity contribution in [3.63, 3.8) is 0 Å². The lowest BCUT2D eigenvalue weighted by molar-refractivity contribution is 0.199. The van der Waals surface area contributed by atoms with Gasteiger partial charge in [0.05, 0.1) is 12.9 Å². The summed E-state index contributed by atoms with van der Waals surface area (Å²) in [5, 5.41) is 10.8. The second kappa shape index (κ2) is 5.07. The lowest BCUT2D eigenvalue weighted by atomic mass is 10.3. The molecule has 3 rings (SSSR count). The van der Waals surface area contributed by atoms with E-state index in [1.807, 2.05) is 6.07 Å². The molecule has 0 atom stereocenters. The van der Waals surface area contributed by atoms with Gasteiger partial charge in [0.25, 0.3) is 5.89 Å². The van der Waals surface area contributed by atoms with Gasteiger partial charge in [0, 0.05) is 19.6 Å². The molecule has 0 aliphatic heterocycles. The van der Waals surface area contributed by atoms with Gasteiger partial charge in [0.1, 0.15) is 11.4 Å². The Balaban J connectivity index is 1.81. The van der Waals surface area contributed by atoms with Crippen LogP contribution >= 0.6 is 0 Å². The number of hydrogen-bond donors (Lipinski definition) is 1. The highest BCUT2D eigenvalue weighted by Crippen LogP contribution is 2.22. The zero-order valence-corrected chi connectivity index (χ0v) is 10.3. The predicted molar refractivity (Wildman–Crippen MR) is 65.2 cm³/mol. The SMILES string of the molecule is COCCc1noc(-c2cc(-c3ccco3)n[nH]2)n1. The minimum Gasteiger partial charge on any atom is -0.463 e. The van der Waals surface area contributed by atoms with Crippen LogP contribution in [0.15, 0.2) is 33.4 Å². The Morgan fingerprint density at radius 1 is 1.42 bits per heavy atom. The van der Waals surface area contributed by atoms with Crippen molar-refractivity contribution in [1.29, 1.82) is 0 Å². The largest absolute Gasteiger partial charge is 0.463 e. The maximum atomic E-state index is 5.26. The van der Waals surface area contributed by atoms with Crippen molar-refractivity contribution in [3.8, 4) is 23.0 Å². The van der Waals surface area contributed by atoms with Gasteiger partial charge in [-0.2, -0.15) is 10.1 Å². The average molecular weight is 260 g/mol. The number of hydrogen-bond acceptors (Lipinski definition) is 6. The van der Waals surface area contributed by atoms with E-state index in [0.717, 1.165) is 0 Å². The molecule has 0 saturated carbocycles. The van der Waals surface area contributed by atoms with Crippen molar-refractivity contribution >= 4 is 0 Å². The normalized spacial score (nSPS) is 11.0. The molecule has 0 amide bonds. The van der Waals surface area contributed by atoms with E-state index in [-0.39, 0.29) is 0 Å². The molecule has 3 aromatic rings. The van der Waals surface area contributed by atoms with Crippen LogP contribution in [0.25, 0.3) is 23.0 Å². The summed E-state index contributed by atoms with van der Waals surface area (Å²) in [7, 11) is 1.63. The highest BCUT2D eigenvalue weighted by molar-refractivity contribution is 5.59. The third-order valence-electron chi connectivity index (χ3n) is 2.58. The molecule has 1 N–H and O–H groups in total. The average Bonchev–Trinajstić information content (AvgIpc) is 3.14. The molecule has 0 aliphatic carbocycles. The molecule has 19 heavy (non-hydrogen) atoms. The van der Waals surface area contributed by atoms with Gasteiger partial charge in [-0.1, -0.05) is 5.16 Å². The molecule has 0 fully saturated rings. The van der Waals surface area contributed by atoms with Crippen molar-refractivity contribution in [2.24, 2.45) is 0 Å². The highest BCUT2D eigenvalue weighted by atomic mass is 16.5. The van der Waals surface area contributed by atoms with E-state index < -0.39 is 0 Å². The van der Waals surface area contributed by atoms with Crippen molar-refractivity contribution in [1.82, 2.24) is 20.3 Å². The summed E-state index contributed by atoms with van der Waals surface area (Å²) in [6.07, 6.45) is 2.21. The van der Waals surface area contributed by atoms with E-state index in [1.54, 1.807) is 25.5 Å². The molecule has 3 heterocycles. The van der Waals surface area contributed by atoms with Gasteiger partial charge in [-0.25, -0.2) is 0 Å². The summed E-state index contributed by atoms with van der Waals surface area (Å²) < 4.78 is 15.4. The zero-order chi connectivity index (χ0) is 13.1. The van der Waals surface area contributed by atoms with Crippen LogP contribution in [0, 0.1) is 0 Å². The third kappa shape index (κ3) is 2.41. The fraction of sp³-hybridized carbons (Fsp3) is 0.250. The van der Waals surface area contributed by atoms with Crippen LogP contribution in [0.2, 0.25) is 0 Å². The molecule has 7 nitrogen and oxygen atoms in total. The van der Waals surface area contributed by atoms with Crippen molar-refractivity contribution in [2.75, 3.05) is 13.7 Å². The molecule has 98 valence electrons. The Labute approximate surface area is 108 Å². The van der Waals surface area contributed by atoms with E-state index >= 15 is 0 Å². The minimum atomic E-state index is 0.399. The maximum absolute atomic E-state index is 5.26. The second-order valence-corrected chi connectivity index (χ2v) is 3.90. The molecule has 0 unspecified atom stereocenters. The van der Waals surface area contributed by atoms with E-state index in [4.69, 9.17) is 13.7 Å². The Kier molecular flexibility index (Phi) is 3.11. The van der Waals surface area contributed by atoms with Gasteiger partial charge >= 0.3 is 0 Å². The van der Waals surface area contributed by atoms with Crippen molar-refractivity contribution in [2.45, 2.75) is 6.42 Å². The standard InChI is InChI=1S/C12H12N4O3/c1-17-6-4-11-13-12(19-16-11)9-7-8(14-15-9)10-3-2-5-18-10/h2-3,5,7H,4,6H2,1H3,(H,14,15). The number of furan rings is 1. The smallest absolute Gasteiger partial charge is 0.275 e. The molecule has 0 bridgehead atoms. The highest BCUT2D eigenvalue weighted by Gasteiger charge is 2.13. The molecule has 0 radical (unpaired) electrons. The summed E-state index contributed by atoms with van der Waals surface area (Å²) in [5.74, 6) is 1.68. The monoisotopic (exact) mass is 260 g/mol. The van der Waals surface area contributed by atoms with Gasteiger partial charge < -0.3 is 13.7 Å². The molecule has 0 spiro atoms. The number of methoxy groups -OCH3 is 1. The lowest BCUT2D eigenvalue weighted by Crippen LogP contribution is -1.96. The van der Waals surface area contributed by atoms with E-state index in [0.29, 0.717) is 41.9 Å². The molecular formula is C12H12N4O3. The van der Waals surface area contributed by atoms with Crippen LogP contribution in [0.1, 0.15) is 5.82 Å². The van der Waals surface area contributed by atoms with E-state index in [9.17, 15) is 0 Å². The maximum Gasteiger partial charge on any atom is 0.275 e. The summed E-state index contributed by atoms with van der Waals surface area (Å²) in [4.78, 5) is 4.25. The van der Waals surface area contributed by atoms with Crippen LogP contribution in [-0.2, 0) is 11.2 Å². The Bertz CT molecular complexity index is 642. The topological polar surface area (TPSA) is 90.0 Å². The van der Waals surface area contributed by atoms with Crippen LogP contribution in [0.3, 0.4) is 0 Å². The van der Waals surface area contributed by atoms with Gasteiger partial charge in [-0.05, 0) is 12.1 Å². The number of aromatic nitrogens is 4. The molecule has 3 aromatic heterocycles. The zero-order valence-electron chi connectivity index (χ0n) is 10.3. The van der Waals surface area contributed by atoms with E-state index in [1.165, 1.54) is 0 Å². The number of H-pyrrole nitrogens is 1. The molecule has 0 saturated heterocycles. The summed E-state index contributed by atoms with van der Waals surface area (Å²) in [6, 6.07) is 5.43. The predicted octanol–water partition coefficient (Wildman–Crippen LogP) is 1.91. The van der Waals surface area contributed by atoms with Gasteiger partial charge in [-0.3, -0.25) is 5.10 Å². The van der Waals surface area contributed by atoms with Crippen LogP contribution < -0.4 is 0 Å². The Morgan fingerprint density at radius 2 is 2.37 bits per heavy atom.